The van der Waals surface area contributed by atoms with Crippen molar-refractivity contribution in [2.75, 3.05) is 5.32 Å². The van der Waals surface area contributed by atoms with E-state index in [1.165, 1.54) is 29.5 Å². The van der Waals surface area contributed by atoms with Crippen molar-refractivity contribution in [3.05, 3.63) is 42.0 Å². The van der Waals surface area contributed by atoms with Gasteiger partial charge < -0.3 is 19.7 Å². The number of Topliss-reactive ketones (excluding diaryl/α,β-unsaturated/α-hetero) is 1. The zero-order valence-electron chi connectivity index (χ0n) is 18.8. The zero-order chi connectivity index (χ0) is 24.7. The minimum absolute atomic E-state index is 0.0662. The lowest BCUT2D eigenvalue weighted by molar-refractivity contribution is -0.274. The average Bonchev–Trinajstić information content (AvgIpc) is 3.33. The number of nitrogens with zero attached hydrogens (tertiary/aromatic N) is 3. The van der Waals surface area contributed by atoms with Gasteiger partial charge in [0.2, 0.25) is 5.95 Å². The van der Waals surface area contributed by atoms with Crippen LogP contribution in [0.1, 0.15) is 42.5 Å². The first kappa shape index (κ1) is 23.6. The Labute approximate surface area is 202 Å². The van der Waals surface area contributed by atoms with E-state index < -0.39 is 6.36 Å². The number of ketones is 1. The third kappa shape index (κ3) is 5.25. The SMILES string of the molecule is Cn1c(Nc2nc3ccc(OC(F)(F)F)cc3s2)nc2cc(C(=O)CC3CCC(O)CC3)ccc21. The highest BCUT2D eigenvalue weighted by atomic mass is 32.1. The molecule has 184 valence electrons. The molecule has 1 aliphatic carbocycles. The van der Waals surface area contributed by atoms with Crippen LogP contribution in [0.5, 0.6) is 5.75 Å². The number of aryl methyl sites for hydroxylation is 1. The van der Waals surface area contributed by atoms with E-state index in [1.54, 1.807) is 12.1 Å². The number of nitrogens with one attached hydrogen (secondary N) is 1. The van der Waals surface area contributed by atoms with Crippen LogP contribution < -0.4 is 10.1 Å². The molecule has 2 N–H and O–H groups in total. The summed E-state index contributed by atoms with van der Waals surface area (Å²) in [6.07, 6.45) is -1.34. The lowest BCUT2D eigenvalue weighted by atomic mass is 9.83. The molecule has 11 heteroatoms. The highest BCUT2D eigenvalue weighted by Crippen LogP contribution is 2.34. The summed E-state index contributed by atoms with van der Waals surface area (Å²) >= 11 is 1.18. The molecule has 1 saturated carbocycles. The molecular weight excluding hydrogens is 481 g/mol. The van der Waals surface area contributed by atoms with Gasteiger partial charge in [-0.05, 0) is 61.9 Å². The summed E-state index contributed by atoms with van der Waals surface area (Å²) in [6.45, 7) is 0. The molecular formula is C24H23F3N4O3S. The van der Waals surface area contributed by atoms with E-state index in [1.807, 2.05) is 17.7 Å². The number of benzene rings is 2. The van der Waals surface area contributed by atoms with Gasteiger partial charge in [0.1, 0.15) is 5.75 Å². The topological polar surface area (TPSA) is 89.3 Å². The summed E-state index contributed by atoms with van der Waals surface area (Å²) in [7, 11) is 1.83. The molecule has 0 spiro atoms. The predicted molar refractivity (Wildman–Crippen MR) is 127 cm³/mol. The number of fused-ring (bicyclic) bond motifs is 2. The maximum Gasteiger partial charge on any atom is 0.573 e. The number of alkyl halides is 3. The van der Waals surface area contributed by atoms with Crippen molar-refractivity contribution < 1.29 is 27.8 Å². The third-order valence-electron chi connectivity index (χ3n) is 6.31. The van der Waals surface area contributed by atoms with Crippen molar-refractivity contribution in [1.82, 2.24) is 14.5 Å². The summed E-state index contributed by atoms with van der Waals surface area (Å²) in [5.74, 6) is 0.557. The first-order valence-electron chi connectivity index (χ1n) is 11.3. The van der Waals surface area contributed by atoms with Gasteiger partial charge in [0.05, 0.1) is 27.4 Å². The smallest absolute Gasteiger partial charge is 0.406 e. The molecule has 1 fully saturated rings. The lowest BCUT2D eigenvalue weighted by Crippen LogP contribution is -2.20. The zero-order valence-corrected chi connectivity index (χ0v) is 19.6. The fraction of sp³-hybridized carbons (Fsp3) is 0.375. The molecule has 0 bridgehead atoms. The molecule has 1 aliphatic rings. The van der Waals surface area contributed by atoms with E-state index in [4.69, 9.17) is 0 Å². The number of aliphatic hydroxyl groups excluding tert-OH is 1. The van der Waals surface area contributed by atoms with E-state index in [2.05, 4.69) is 20.0 Å². The fourth-order valence-corrected chi connectivity index (χ4v) is 5.35. The number of carbonyl (C=O) groups excluding carboxylic acids is 1. The molecule has 35 heavy (non-hydrogen) atoms. The first-order valence-corrected chi connectivity index (χ1v) is 12.1. The van der Waals surface area contributed by atoms with Gasteiger partial charge in [-0.1, -0.05) is 11.3 Å². The maximum absolute atomic E-state index is 12.8. The van der Waals surface area contributed by atoms with Gasteiger partial charge in [0.15, 0.2) is 10.9 Å². The van der Waals surface area contributed by atoms with E-state index in [-0.39, 0.29) is 17.6 Å². The Morgan fingerprint density at radius 2 is 1.91 bits per heavy atom. The van der Waals surface area contributed by atoms with Gasteiger partial charge >= 0.3 is 6.36 Å². The van der Waals surface area contributed by atoms with Gasteiger partial charge in [-0.15, -0.1) is 13.2 Å². The molecule has 0 aliphatic heterocycles. The Bertz CT molecular complexity index is 1390. The van der Waals surface area contributed by atoms with Crippen LogP contribution in [0.15, 0.2) is 36.4 Å². The van der Waals surface area contributed by atoms with Crippen molar-refractivity contribution in [3.63, 3.8) is 0 Å². The van der Waals surface area contributed by atoms with Crippen LogP contribution in [-0.4, -0.2) is 37.9 Å². The van der Waals surface area contributed by atoms with Crippen molar-refractivity contribution in [2.45, 2.75) is 44.6 Å². The minimum atomic E-state index is -4.76. The van der Waals surface area contributed by atoms with Crippen LogP contribution in [0.4, 0.5) is 24.3 Å². The number of carbonyl (C=O) groups is 1. The number of ether oxygens (including phenoxy) is 1. The molecule has 0 radical (unpaired) electrons. The van der Waals surface area contributed by atoms with Gasteiger partial charge in [-0.2, -0.15) is 0 Å². The lowest BCUT2D eigenvalue weighted by Gasteiger charge is -2.24. The molecule has 2 aromatic heterocycles. The van der Waals surface area contributed by atoms with E-state index in [0.717, 1.165) is 31.2 Å². The van der Waals surface area contributed by atoms with Crippen molar-refractivity contribution in [3.8, 4) is 5.75 Å². The van der Waals surface area contributed by atoms with Crippen molar-refractivity contribution >= 4 is 49.4 Å². The van der Waals surface area contributed by atoms with Gasteiger partial charge in [0, 0.05) is 25.1 Å². The summed E-state index contributed by atoms with van der Waals surface area (Å²) < 4.78 is 43.9. The Balaban J connectivity index is 1.34. The van der Waals surface area contributed by atoms with Crippen LogP contribution in [0.2, 0.25) is 0 Å². The molecule has 0 unspecified atom stereocenters. The molecule has 4 aromatic rings. The van der Waals surface area contributed by atoms with Crippen LogP contribution in [0, 0.1) is 5.92 Å². The highest BCUT2D eigenvalue weighted by Gasteiger charge is 2.31. The molecule has 5 rings (SSSR count). The molecule has 7 nitrogen and oxygen atoms in total. The standard InChI is InChI=1S/C24H23F3N4O3S/c1-31-19-9-4-14(20(33)10-13-2-5-15(32)6-3-13)11-18(19)28-22(31)30-23-29-17-8-7-16(12-21(17)35-23)34-24(25,26)27/h4,7-9,11-13,15,32H,2-3,5-6,10H2,1H3,(H,28,29,30). The van der Waals surface area contributed by atoms with Gasteiger partial charge in [0.25, 0.3) is 0 Å². The van der Waals surface area contributed by atoms with Crippen LogP contribution in [0.25, 0.3) is 21.3 Å². The number of aromatic nitrogens is 3. The van der Waals surface area contributed by atoms with Crippen molar-refractivity contribution in [2.24, 2.45) is 13.0 Å². The molecule has 2 aromatic carbocycles. The Morgan fingerprint density at radius 3 is 2.66 bits per heavy atom. The normalized spacial score (nSPS) is 18.8. The van der Waals surface area contributed by atoms with Crippen LogP contribution in [-0.2, 0) is 7.05 Å². The van der Waals surface area contributed by atoms with Gasteiger partial charge in [-0.3, -0.25) is 4.79 Å². The molecule has 0 amide bonds. The van der Waals surface area contributed by atoms with Crippen LogP contribution in [0.3, 0.4) is 0 Å². The second kappa shape index (κ2) is 9.12. The summed E-state index contributed by atoms with van der Waals surface area (Å²) in [5, 5.41) is 13.3. The summed E-state index contributed by atoms with van der Waals surface area (Å²) in [5.41, 5.74) is 2.62. The molecule has 2 heterocycles. The monoisotopic (exact) mass is 504 g/mol. The minimum Gasteiger partial charge on any atom is -0.406 e. The van der Waals surface area contributed by atoms with Crippen molar-refractivity contribution in [1.29, 1.82) is 0 Å². The number of thiazole rings is 1. The Hall–Kier alpha value is -3.18. The number of hydrogen-bond donors (Lipinski definition) is 2. The fourth-order valence-electron chi connectivity index (χ4n) is 4.47. The Morgan fingerprint density at radius 1 is 1.14 bits per heavy atom. The molecule has 0 atom stereocenters. The number of aliphatic hydroxyl groups is 1. The predicted octanol–water partition coefficient (Wildman–Crippen LogP) is 5.95. The number of halogens is 3. The number of anilines is 2. The highest BCUT2D eigenvalue weighted by molar-refractivity contribution is 7.22. The summed E-state index contributed by atoms with van der Waals surface area (Å²) in [6, 6.07) is 9.42. The number of imidazole rings is 1. The quantitative estimate of drug-likeness (QED) is 0.316. The van der Waals surface area contributed by atoms with E-state index in [9.17, 15) is 23.1 Å². The van der Waals surface area contributed by atoms with Gasteiger partial charge in [-0.25, -0.2) is 9.97 Å². The first-order chi connectivity index (χ1) is 16.6. The van der Waals surface area contributed by atoms with E-state index >= 15 is 0 Å². The Kier molecular flexibility index (Phi) is 6.14. The summed E-state index contributed by atoms with van der Waals surface area (Å²) in [4.78, 5) is 21.9. The van der Waals surface area contributed by atoms with E-state index in [0.29, 0.717) is 44.7 Å². The second-order valence-corrected chi connectivity index (χ2v) is 9.85. The second-order valence-electron chi connectivity index (χ2n) is 8.82. The number of hydrogen-bond acceptors (Lipinski definition) is 7. The van der Waals surface area contributed by atoms with Crippen LogP contribution >= 0.6 is 11.3 Å². The third-order valence-corrected chi connectivity index (χ3v) is 7.24. The average molecular weight is 505 g/mol. The maximum atomic E-state index is 12.8. The number of rotatable bonds is 6. The molecule has 0 saturated heterocycles. The largest absolute Gasteiger partial charge is 0.573 e.